The Kier molecular flexibility index (Phi) is 6.54. The molecule has 1 saturated carbocycles. The molecule has 2 aliphatic carbocycles. The number of hydrazine groups is 1. The number of aryl methyl sites for hydroxylation is 1. The summed E-state index contributed by atoms with van der Waals surface area (Å²) in [7, 11) is 0. The SMILES string of the molecule is O=C(NNc1nc2c(c(=O)n1CCc1ccccc1)C1(CCCCC1)Cc1ccccc1-2)c1ccccc1. The van der Waals surface area contributed by atoms with Gasteiger partial charge < -0.3 is 0 Å². The van der Waals surface area contributed by atoms with Crippen LogP contribution in [0.3, 0.4) is 0 Å². The fraction of sp³-hybridized carbons (Fsp3) is 0.281. The first-order valence-electron chi connectivity index (χ1n) is 13.5. The van der Waals surface area contributed by atoms with Gasteiger partial charge in [0.1, 0.15) is 0 Å². The van der Waals surface area contributed by atoms with Crippen molar-refractivity contribution >= 4 is 11.9 Å². The molecular weight excluding hydrogens is 472 g/mol. The summed E-state index contributed by atoms with van der Waals surface area (Å²) in [5, 5.41) is 0. The number of anilines is 1. The number of hydrogen-bond donors (Lipinski definition) is 2. The van der Waals surface area contributed by atoms with Crippen molar-refractivity contribution in [3.8, 4) is 11.3 Å². The van der Waals surface area contributed by atoms with Gasteiger partial charge in [0.05, 0.1) is 11.3 Å². The van der Waals surface area contributed by atoms with Crippen molar-refractivity contribution in [3.05, 3.63) is 118 Å². The van der Waals surface area contributed by atoms with Crippen LogP contribution in [0.2, 0.25) is 0 Å². The second kappa shape index (κ2) is 10.3. The molecule has 1 heterocycles. The number of nitrogens with one attached hydrogen (secondary N) is 2. The van der Waals surface area contributed by atoms with Crippen LogP contribution in [0.15, 0.2) is 89.7 Å². The Morgan fingerprint density at radius 2 is 1.55 bits per heavy atom. The smallest absolute Gasteiger partial charge is 0.269 e. The molecule has 3 aromatic carbocycles. The molecule has 38 heavy (non-hydrogen) atoms. The van der Waals surface area contributed by atoms with E-state index in [-0.39, 0.29) is 16.9 Å². The number of amides is 1. The third-order valence-corrected chi connectivity index (χ3v) is 8.10. The van der Waals surface area contributed by atoms with Gasteiger partial charge in [-0.25, -0.2) is 4.98 Å². The fourth-order valence-corrected chi connectivity index (χ4v) is 6.20. The van der Waals surface area contributed by atoms with Crippen LogP contribution in [0.1, 0.15) is 59.2 Å². The first kappa shape index (κ1) is 24.2. The zero-order chi connectivity index (χ0) is 26.0. The predicted molar refractivity (Wildman–Crippen MR) is 150 cm³/mol. The average Bonchev–Trinajstić information content (AvgIpc) is 2.96. The second-order valence-corrected chi connectivity index (χ2v) is 10.5. The van der Waals surface area contributed by atoms with Gasteiger partial charge in [0.15, 0.2) is 0 Å². The molecule has 2 N–H and O–H groups in total. The molecule has 6 nitrogen and oxygen atoms in total. The number of hydrogen-bond acceptors (Lipinski definition) is 4. The third-order valence-electron chi connectivity index (χ3n) is 8.10. The van der Waals surface area contributed by atoms with E-state index < -0.39 is 0 Å². The van der Waals surface area contributed by atoms with Crippen LogP contribution in [-0.2, 0) is 24.8 Å². The molecule has 2 aliphatic rings. The van der Waals surface area contributed by atoms with Gasteiger partial charge >= 0.3 is 0 Å². The van der Waals surface area contributed by atoms with E-state index >= 15 is 0 Å². The van der Waals surface area contributed by atoms with Crippen LogP contribution in [0.5, 0.6) is 0 Å². The highest BCUT2D eigenvalue weighted by molar-refractivity contribution is 5.94. The maximum absolute atomic E-state index is 14.4. The summed E-state index contributed by atoms with van der Waals surface area (Å²) < 4.78 is 1.72. The Hall–Kier alpha value is -4.19. The summed E-state index contributed by atoms with van der Waals surface area (Å²) in [6.07, 6.45) is 7.02. The van der Waals surface area contributed by atoms with E-state index in [1.165, 1.54) is 12.0 Å². The quantitative estimate of drug-likeness (QED) is 0.332. The first-order valence-corrected chi connectivity index (χ1v) is 13.5. The molecule has 1 aromatic heterocycles. The van der Waals surface area contributed by atoms with E-state index in [1.54, 1.807) is 16.7 Å². The lowest BCUT2D eigenvalue weighted by atomic mass is 9.62. The molecule has 1 amide bonds. The maximum atomic E-state index is 14.4. The third kappa shape index (κ3) is 4.51. The van der Waals surface area contributed by atoms with Crippen LogP contribution >= 0.6 is 0 Å². The molecule has 0 saturated heterocycles. The molecule has 192 valence electrons. The van der Waals surface area contributed by atoms with Crippen molar-refractivity contribution in [2.24, 2.45) is 0 Å². The average molecular weight is 505 g/mol. The zero-order valence-corrected chi connectivity index (χ0v) is 21.5. The van der Waals surface area contributed by atoms with E-state index in [0.29, 0.717) is 24.5 Å². The van der Waals surface area contributed by atoms with Crippen molar-refractivity contribution in [1.82, 2.24) is 15.0 Å². The summed E-state index contributed by atoms with van der Waals surface area (Å²) in [6, 6.07) is 27.5. The molecule has 0 unspecified atom stereocenters. The molecule has 4 aromatic rings. The highest BCUT2D eigenvalue weighted by Crippen LogP contribution is 2.48. The monoisotopic (exact) mass is 504 g/mol. The fourth-order valence-electron chi connectivity index (χ4n) is 6.20. The second-order valence-electron chi connectivity index (χ2n) is 10.5. The standard InChI is InChI=1S/C32H32N4O2/c37-29(24-14-6-2-7-15-24)34-35-31-33-28-26-17-9-8-16-25(26)22-32(19-10-3-11-20-32)27(28)30(38)36(31)21-18-23-12-4-1-5-13-23/h1-2,4-9,12-17H,3,10-11,18-22H2,(H,33,35)(H,34,37). The van der Waals surface area contributed by atoms with E-state index in [0.717, 1.165) is 54.5 Å². The Bertz CT molecular complexity index is 1510. The molecular formula is C32H32N4O2. The lowest BCUT2D eigenvalue weighted by Gasteiger charge is -2.42. The summed E-state index contributed by atoms with van der Waals surface area (Å²) in [6.45, 7) is 0.463. The van der Waals surface area contributed by atoms with Crippen molar-refractivity contribution < 1.29 is 4.79 Å². The van der Waals surface area contributed by atoms with Gasteiger partial charge in [-0.1, -0.05) is 92.1 Å². The highest BCUT2D eigenvalue weighted by atomic mass is 16.2. The van der Waals surface area contributed by atoms with Crippen LogP contribution < -0.4 is 16.4 Å². The van der Waals surface area contributed by atoms with Gasteiger partial charge in [-0.3, -0.25) is 25.0 Å². The van der Waals surface area contributed by atoms with Crippen molar-refractivity contribution in [3.63, 3.8) is 0 Å². The van der Waals surface area contributed by atoms with Crippen molar-refractivity contribution in [2.45, 2.75) is 56.9 Å². The van der Waals surface area contributed by atoms with E-state index in [4.69, 9.17) is 4.98 Å². The van der Waals surface area contributed by atoms with Gasteiger partial charge in [-0.05, 0) is 48.9 Å². The first-order chi connectivity index (χ1) is 18.6. The zero-order valence-electron chi connectivity index (χ0n) is 21.5. The van der Waals surface area contributed by atoms with Gasteiger partial charge in [-0.15, -0.1) is 0 Å². The largest absolute Gasteiger partial charge is 0.277 e. The Labute approximate surface area is 222 Å². The number of fused-ring (bicyclic) bond motifs is 4. The minimum atomic E-state index is -0.281. The molecule has 1 fully saturated rings. The Morgan fingerprint density at radius 3 is 2.32 bits per heavy atom. The summed E-state index contributed by atoms with van der Waals surface area (Å²) in [5.41, 5.74) is 11.1. The number of rotatable bonds is 6. The minimum absolute atomic E-state index is 0.00112. The number of benzene rings is 3. The number of aromatic nitrogens is 2. The van der Waals surface area contributed by atoms with Crippen LogP contribution in [-0.4, -0.2) is 15.5 Å². The van der Waals surface area contributed by atoms with Gasteiger partial charge in [0.2, 0.25) is 5.95 Å². The lowest BCUT2D eigenvalue weighted by molar-refractivity contribution is 0.0962. The number of carbonyl (C=O) groups is 1. The summed E-state index contributed by atoms with van der Waals surface area (Å²) in [4.78, 5) is 32.3. The summed E-state index contributed by atoms with van der Waals surface area (Å²) >= 11 is 0. The normalized spacial score (nSPS) is 15.4. The van der Waals surface area contributed by atoms with Gasteiger partial charge in [0.25, 0.3) is 11.5 Å². The number of carbonyl (C=O) groups excluding carboxylic acids is 1. The highest BCUT2D eigenvalue weighted by Gasteiger charge is 2.43. The molecule has 0 aliphatic heterocycles. The number of nitrogens with zero attached hydrogens (tertiary/aromatic N) is 2. The topological polar surface area (TPSA) is 76.0 Å². The van der Waals surface area contributed by atoms with Gasteiger partial charge in [-0.2, -0.15) is 0 Å². The lowest BCUT2D eigenvalue weighted by Crippen LogP contribution is -2.44. The Morgan fingerprint density at radius 1 is 0.868 bits per heavy atom. The molecule has 0 bridgehead atoms. The molecule has 6 rings (SSSR count). The van der Waals surface area contributed by atoms with Crippen molar-refractivity contribution in [2.75, 3.05) is 5.43 Å². The molecule has 1 spiro atoms. The predicted octanol–water partition coefficient (Wildman–Crippen LogP) is 5.67. The molecule has 0 radical (unpaired) electrons. The van der Waals surface area contributed by atoms with Crippen LogP contribution in [0.4, 0.5) is 5.95 Å². The van der Waals surface area contributed by atoms with Crippen LogP contribution in [0, 0.1) is 0 Å². The van der Waals surface area contributed by atoms with Crippen molar-refractivity contribution in [1.29, 1.82) is 0 Å². The van der Waals surface area contributed by atoms with Gasteiger partial charge in [0, 0.05) is 23.1 Å². The van der Waals surface area contributed by atoms with Crippen LogP contribution in [0.25, 0.3) is 11.3 Å². The van der Waals surface area contributed by atoms with E-state index in [2.05, 4.69) is 41.2 Å². The maximum Gasteiger partial charge on any atom is 0.269 e. The molecule has 6 heteroatoms. The summed E-state index contributed by atoms with van der Waals surface area (Å²) in [5.74, 6) is 0.0768. The van der Waals surface area contributed by atoms with E-state index in [9.17, 15) is 9.59 Å². The molecule has 0 atom stereocenters. The minimum Gasteiger partial charge on any atom is -0.277 e. The van der Waals surface area contributed by atoms with E-state index in [1.807, 2.05) is 42.5 Å². The Balaban J connectivity index is 1.45.